The van der Waals surface area contributed by atoms with Gasteiger partial charge in [-0.3, -0.25) is 19.8 Å². The molecule has 0 radical (unpaired) electrons. The molecule has 0 bridgehead atoms. The van der Waals surface area contributed by atoms with E-state index < -0.39 is 18.0 Å². The van der Waals surface area contributed by atoms with Crippen LogP contribution in [0.5, 0.6) is 0 Å². The van der Waals surface area contributed by atoms with Gasteiger partial charge >= 0.3 is 6.09 Å². The topological polar surface area (TPSA) is 113 Å². The number of rotatable bonds is 2. The molecule has 92 valence electrons. The van der Waals surface area contributed by atoms with Gasteiger partial charge in [-0.25, -0.2) is 10.6 Å². The van der Waals surface area contributed by atoms with E-state index in [1.807, 2.05) is 5.43 Å². The number of aromatic nitrogens is 2. The van der Waals surface area contributed by atoms with Gasteiger partial charge in [-0.05, 0) is 6.07 Å². The summed E-state index contributed by atoms with van der Waals surface area (Å²) in [5.41, 5.74) is 1.98. The minimum atomic E-state index is -1.13. The van der Waals surface area contributed by atoms with Crippen LogP contribution >= 0.6 is 0 Å². The van der Waals surface area contributed by atoms with Crippen LogP contribution in [0.3, 0.4) is 0 Å². The number of nitrogens with two attached hydrogens (primary N) is 1. The lowest BCUT2D eigenvalue weighted by atomic mass is 10.1. The van der Waals surface area contributed by atoms with Crippen molar-refractivity contribution in [3.05, 3.63) is 18.5 Å². The summed E-state index contributed by atoms with van der Waals surface area (Å²) in [6.45, 7) is 0.231. The Labute approximate surface area is 97.0 Å². The van der Waals surface area contributed by atoms with Crippen molar-refractivity contribution in [1.29, 1.82) is 0 Å². The average molecular weight is 239 g/mol. The molecular formula is C9H13N5O3. The Bertz CT molecular complexity index is 418. The van der Waals surface area contributed by atoms with Crippen LogP contribution < -0.4 is 11.3 Å². The summed E-state index contributed by atoms with van der Waals surface area (Å²) in [7, 11) is 0. The predicted molar refractivity (Wildman–Crippen MR) is 56.7 cm³/mol. The number of nitrogens with zero attached hydrogens (tertiary/aromatic N) is 3. The largest absolute Gasteiger partial charge is 0.465 e. The van der Waals surface area contributed by atoms with Crippen molar-refractivity contribution >= 4 is 12.0 Å². The Morgan fingerprint density at radius 1 is 1.53 bits per heavy atom. The summed E-state index contributed by atoms with van der Waals surface area (Å²) >= 11 is 0. The first-order valence-electron chi connectivity index (χ1n) is 5.12. The Kier molecular flexibility index (Phi) is 2.96. The zero-order chi connectivity index (χ0) is 12.4. The molecule has 1 saturated heterocycles. The molecule has 2 amide bonds. The second kappa shape index (κ2) is 4.42. The normalized spacial score (nSPS) is 23.7. The lowest BCUT2D eigenvalue weighted by Gasteiger charge is -2.18. The number of hydrazine groups is 1. The first-order valence-corrected chi connectivity index (χ1v) is 5.12. The fourth-order valence-corrected chi connectivity index (χ4v) is 2.06. The van der Waals surface area contributed by atoms with Gasteiger partial charge in [0.15, 0.2) is 0 Å². The number of carboxylic acid groups (broad SMARTS) is 1. The predicted octanol–water partition coefficient (Wildman–Crippen LogP) is -0.834. The fraction of sp³-hybridized carbons (Fsp3) is 0.444. The van der Waals surface area contributed by atoms with Gasteiger partial charge in [-0.15, -0.1) is 0 Å². The zero-order valence-corrected chi connectivity index (χ0v) is 8.98. The van der Waals surface area contributed by atoms with E-state index in [4.69, 9.17) is 10.9 Å². The molecule has 1 fully saturated rings. The maximum absolute atomic E-state index is 11.5. The third kappa shape index (κ3) is 2.07. The summed E-state index contributed by atoms with van der Waals surface area (Å²) in [4.78, 5) is 23.6. The van der Waals surface area contributed by atoms with Crippen molar-refractivity contribution in [2.45, 2.75) is 18.5 Å². The number of hydrogen-bond donors (Lipinski definition) is 3. The zero-order valence-electron chi connectivity index (χ0n) is 8.98. The van der Waals surface area contributed by atoms with Crippen molar-refractivity contribution in [2.75, 3.05) is 6.54 Å². The number of carbonyl (C=O) groups excluding carboxylic acids is 1. The standard InChI is InChI=1S/C9H13N5O3/c10-12-8(15)7-4-6(5-13(7)9(16)17)14-3-1-2-11-14/h1-3,6-7H,4-5,10H2,(H,12,15)(H,16,17)/t6-,7+/m1/s1. The third-order valence-corrected chi connectivity index (χ3v) is 2.87. The Balaban J connectivity index is 2.17. The van der Waals surface area contributed by atoms with Crippen molar-refractivity contribution < 1.29 is 14.7 Å². The van der Waals surface area contributed by atoms with Gasteiger partial charge in [0.2, 0.25) is 0 Å². The summed E-state index contributed by atoms with van der Waals surface area (Å²) in [6, 6.07) is 0.858. The quantitative estimate of drug-likeness (QED) is 0.354. The molecule has 0 spiro atoms. The molecule has 1 aliphatic rings. The van der Waals surface area contributed by atoms with E-state index in [1.54, 1.807) is 23.1 Å². The minimum Gasteiger partial charge on any atom is -0.465 e. The molecule has 0 aliphatic carbocycles. The maximum Gasteiger partial charge on any atom is 0.408 e. The van der Waals surface area contributed by atoms with E-state index in [0.29, 0.717) is 6.42 Å². The molecule has 2 atom stereocenters. The van der Waals surface area contributed by atoms with Crippen molar-refractivity contribution in [2.24, 2.45) is 5.84 Å². The van der Waals surface area contributed by atoms with Crippen LogP contribution in [0.15, 0.2) is 18.5 Å². The van der Waals surface area contributed by atoms with Crippen LogP contribution in [0.4, 0.5) is 4.79 Å². The van der Waals surface area contributed by atoms with Crippen molar-refractivity contribution in [1.82, 2.24) is 20.1 Å². The second-order valence-electron chi connectivity index (χ2n) is 3.83. The SMILES string of the molecule is NNC(=O)[C@@H]1C[C@@H](n2cccn2)CN1C(=O)O. The van der Waals surface area contributed by atoms with Crippen molar-refractivity contribution in [3.8, 4) is 0 Å². The molecule has 4 N–H and O–H groups in total. The summed E-state index contributed by atoms with van der Waals surface area (Å²) < 4.78 is 1.65. The van der Waals surface area contributed by atoms with E-state index in [9.17, 15) is 9.59 Å². The highest BCUT2D eigenvalue weighted by molar-refractivity contribution is 5.85. The maximum atomic E-state index is 11.5. The smallest absolute Gasteiger partial charge is 0.408 e. The van der Waals surface area contributed by atoms with Gasteiger partial charge in [0.05, 0.1) is 6.04 Å². The molecule has 8 heteroatoms. The molecule has 1 aromatic heterocycles. The number of nitrogens with one attached hydrogen (secondary N) is 1. The first kappa shape index (κ1) is 11.4. The fourth-order valence-electron chi connectivity index (χ4n) is 2.06. The molecule has 0 aromatic carbocycles. The van der Waals surface area contributed by atoms with Gasteiger partial charge in [0, 0.05) is 25.4 Å². The highest BCUT2D eigenvalue weighted by atomic mass is 16.4. The lowest BCUT2D eigenvalue weighted by Crippen LogP contribution is -2.47. The van der Waals surface area contributed by atoms with Gasteiger partial charge in [0.25, 0.3) is 5.91 Å². The average Bonchev–Trinajstić information content (AvgIpc) is 2.95. The molecule has 1 aliphatic heterocycles. The highest BCUT2D eigenvalue weighted by Crippen LogP contribution is 2.26. The first-order chi connectivity index (χ1) is 8.13. The van der Waals surface area contributed by atoms with E-state index in [0.717, 1.165) is 4.90 Å². The molecule has 1 aromatic rings. The van der Waals surface area contributed by atoms with Crippen LogP contribution in [0.1, 0.15) is 12.5 Å². The molecular weight excluding hydrogens is 226 g/mol. The highest BCUT2D eigenvalue weighted by Gasteiger charge is 2.40. The van der Waals surface area contributed by atoms with E-state index in [2.05, 4.69) is 5.10 Å². The van der Waals surface area contributed by atoms with Crippen LogP contribution in [-0.4, -0.2) is 44.4 Å². The van der Waals surface area contributed by atoms with E-state index in [-0.39, 0.29) is 12.6 Å². The summed E-state index contributed by atoms with van der Waals surface area (Å²) in [5, 5.41) is 13.1. The molecule has 0 unspecified atom stereocenters. The minimum absolute atomic E-state index is 0.136. The molecule has 2 heterocycles. The molecule has 8 nitrogen and oxygen atoms in total. The van der Waals surface area contributed by atoms with E-state index in [1.165, 1.54) is 0 Å². The monoisotopic (exact) mass is 239 g/mol. The summed E-state index contributed by atoms with van der Waals surface area (Å²) in [6.07, 6.45) is 2.60. The van der Waals surface area contributed by atoms with Crippen LogP contribution in [0.2, 0.25) is 0 Å². The lowest BCUT2D eigenvalue weighted by molar-refractivity contribution is -0.125. The Morgan fingerprint density at radius 3 is 2.82 bits per heavy atom. The number of carbonyl (C=O) groups is 2. The molecule has 0 saturated carbocycles. The molecule has 2 rings (SSSR count). The Morgan fingerprint density at radius 2 is 2.29 bits per heavy atom. The van der Waals surface area contributed by atoms with Gasteiger partial charge in [0.1, 0.15) is 6.04 Å². The van der Waals surface area contributed by atoms with Gasteiger partial charge < -0.3 is 5.11 Å². The number of amides is 2. The van der Waals surface area contributed by atoms with Crippen LogP contribution in [0, 0.1) is 0 Å². The summed E-state index contributed by atoms with van der Waals surface area (Å²) in [5.74, 6) is 4.54. The van der Waals surface area contributed by atoms with Crippen molar-refractivity contribution in [3.63, 3.8) is 0 Å². The molecule has 17 heavy (non-hydrogen) atoms. The number of likely N-dealkylation sites (tertiary alicyclic amines) is 1. The van der Waals surface area contributed by atoms with Crippen LogP contribution in [-0.2, 0) is 4.79 Å². The van der Waals surface area contributed by atoms with Gasteiger partial charge in [-0.2, -0.15) is 5.10 Å². The van der Waals surface area contributed by atoms with E-state index >= 15 is 0 Å². The third-order valence-electron chi connectivity index (χ3n) is 2.87. The Hall–Kier alpha value is -2.09. The number of hydrogen-bond acceptors (Lipinski definition) is 4. The second-order valence-corrected chi connectivity index (χ2v) is 3.83. The van der Waals surface area contributed by atoms with Gasteiger partial charge in [-0.1, -0.05) is 0 Å². The van der Waals surface area contributed by atoms with Crippen LogP contribution in [0.25, 0.3) is 0 Å².